The molecule has 2 N–H and O–H groups in total. The number of likely N-dealkylation sites (N-methyl/N-ethyl adjacent to an activating group) is 2. The lowest BCUT2D eigenvalue weighted by Crippen LogP contribution is -2.47. The molecule has 0 saturated carbocycles. The number of carbonyl (C=O) groups excluding carboxylic acids is 3. The number of amides is 1. The fourth-order valence-electron chi connectivity index (χ4n) is 2.17. The largest absolute Gasteiger partial charge is 0.458 e. The Balaban J connectivity index is 0. The van der Waals surface area contributed by atoms with E-state index in [9.17, 15) is 14.4 Å². The molecular formula is C23H39N3O4. The highest BCUT2D eigenvalue weighted by Gasteiger charge is 2.31. The number of benzene rings is 1. The summed E-state index contributed by atoms with van der Waals surface area (Å²) in [6, 6.07) is 9.42. The lowest BCUT2D eigenvalue weighted by atomic mass is 10.1. The maximum atomic E-state index is 12.2. The topological polar surface area (TPSA) is 99.6 Å². The number of esters is 1. The lowest BCUT2D eigenvalue weighted by Gasteiger charge is -2.29. The number of aryl methyl sites for hydroxylation is 1. The number of Topliss-reactive ketones (excluding diaryl/α,β-unsaturated/α-hetero) is 1. The first-order chi connectivity index (χ1) is 14.0. The van der Waals surface area contributed by atoms with Crippen molar-refractivity contribution in [2.45, 2.75) is 66.0 Å². The van der Waals surface area contributed by atoms with Crippen molar-refractivity contribution in [1.29, 1.82) is 5.41 Å². The Hall–Kier alpha value is -2.54. The van der Waals surface area contributed by atoms with E-state index in [1.54, 1.807) is 27.8 Å². The van der Waals surface area contributed by atoms with Crippen LogP contribution >= 0.6 is 0 Å². The molecule has 30 heavy (non-hydrogen) atoms. The Morgan fingerprint density at radius 1 is 1.17 bits per heavy atom. The van der Waals surface area contributed by atoms with Crippen LogP contribution in [0.25, 0.3) is 0 Å². The molecule has 1 amide bonds. The Morgan fingerprint density at radius 3 is 2.07 bits per heavy atom. The van der Waals surface area contributed by atoms with Gasteiger partial charge in [-0.15, -0.1) is 0 Å². The summed E-state index contributed by atoms with van der Waals surface area (Å²) in [6.45, 7) is 11.4. The van der Waals surface area contributed by atoms with E-state index in [1.807, 2.05) is 32.0 Å². The van der Waals surface area contributed by atoms with E-state index in [-0.39, 0.29) is 25.3 Å². The normalized spacial score (nSPS) is 10.9. The Kier molecular flexibility index (Phi) is 16.1. The van der Waals surface area contributed by atoms with Gasteiger partial charge in [0.05, 0.1) is 12.8 Å². The van der Waals surface area contributed by atoms with Gasteiger partial charge in [-0.3, -0.25) is 9.59 Å². The molecule has 0 aliphatic carbocycles. The average molecular weight is 422 g/mol. The molecule has 1 rings (SSSR count). The predicted octanol–water partition coefficient (Wildman–Crippen LogP) is 3.39. The maximum absolute atomic E-state index is 12.2. The van der Waals surface area contributed by atoms with Gasteiger partial charge in [0, 0.05) is 13.5 Å². The smallest absolute Gasteiger partial charge is 0.329 e. The highest BCUT2D eigenvalue weighted by atomic mass is 16.6. The van der Waals surface area contributed by atoms with Crippen LogP contribution in [0.3, 0.4) is 0 Å². The summed E-state index contributed by atoms with van der Waals surface area (Å²) in [5, 5.41) is 9.60. The Bertz CT molecular complexity index is 640. The highest BCUT2D eigenvalue weighted by molar-refractivity contribution is 6.26. The zero-order chi connectivity index (χ0) is 23.7. The minimum atomic E-state index is -0.839. The zero-order valence-electron chi connectivity index (χ0n) is 19.7. The number of hydrogen-bond acceptors (Lipinski definition) is 6. The molecule has 7 heteroatoms. The van der Waals surface area contributed by atoms with Gasteiger partial charge < -0.3 is 20.4 Å². The van der Waals surface area contributed by atoms with Crippen LogP contribution in [0.4, 0.5) is 0 Å². The van der Waals surface area contributed by atoms with Gasteiger partial charge in [0.2, 0.25) is 5.91 Å². The molecule has 170 valence electrons. The average Bonchev–Trinajstić information content (AvgIpc) is 2.69. The minimum Gasteiger partial charge on any atom is -0.458 e. The van der Waals surface area contributed by atoms with Gasteiger partial charge in [-0.2, -0.15) is 0 Å². The Labute approximate surface area is 181 Å². The van der Waals surface area contributed by atoms with E-state index in [0.29, 0.717) is 6.21 Å². The standard InChI is InChI=1S/C14H25N3O4.C7H8.C2H6/c1-14(2,3)21-13(20)11(7-6-10(18)8-15)17(5)12(19)9-16-4;1-7-5-3-2-4-6-7;1-2/h8,11,15-16H,6-7,9H2,1-5H3;2-6H,1H3;1-2H3. The van der Waals surface area contributed by atoms with Crippen LogP contribution < -0.4 is 5.32 Å². The molecule has 1 atom stereocenters. The third-order valence-electron chi connectivity index (χ3n) is 3.63. The fourth-order valence-corrected chi connectivity index (χ4v) is 2.17. The lowest BCUT2D eigenvalue weighted by molar-refractivity contribution is -0.164. The van der Waals surface area contributed by atoms with E-state index in [2.05, 4.69) is 24.4 Å². The SMILES string of the molecule is CC.CNCC(=O)N(C)C(CCC(=O)C=N)C(=O)OC(C)(C)C.Cc1ccccc1. The molecule has 0 aromatic heterocycles. The van der Waals surface area contributed by atoms with Crippen LogP contribution in [0, 0.1) is 12.3 Å². The number of ketones is 1. The van der Waals surface area contributed by atoms with E-state index in [1.165, 1.54) is 17.5 Å². The van der Waals surface area contributed by atoms with E-state index >= 15 is 0 Å². The molecular weight excluding hydrogens is 382 g/mol. The van der Waals surface area contributed by atoms with Crippen LogP contribution in [0.15, 0.2) is 30.3 Å². The van der Waals surface area contributed by atoms with E-state index in [4.69, 9.17) is 10.1 Å². The quantitative estimate of drug-likeness (QED) is 0.495. The highest BCUT2D eigenvalue weighted by Crippen LogP contribution is 2.14. The first kappa shape index (κ1) is 29.7. The first-order valence-electron chi connectivity index (χ1n) is 10.2. The van der Waals surface area contributed by atoms with E-state index < -0.39 is 23.4 Å². The number of nitrogens with zero attached hydrogens (tertiary/aromatic N) is 1. The molecule has 0 radical (unpaired) electrons. The molecule has 1 unspecified atom stereocenters. The third-order valence-corrected chi connectivity index (χ3v) is 3.63. The molecule has 0 fully saturated rings. The second-order valence-corrected chi connectivity index (χ2v) is 7.39. The molecule has 1 aromatic carbocycles. The second kappa shape index (κ2) is 16.3. The van der Waals surface area contributed by atoms with Gasteiger partial charge in [-0.1, -0.05) is 49.7 Å². The summed E-state index contributed by atoms with van der Waals surface area (Å²) < 4.78 is 5.29. The van der Waals surface area contributed by atoms with Gasteiger partial charge in [0.15, 0.2) is 5.78 Å². The van der Waals surface area contributed by atoms with Crippen molar-refractivity contribution in [3.63, 3.8) is 0 Å². The maximum Gasteiger partial charge on any atom is 0.329 e. The first-order valence-corrected chi connectivity index (χ1v) is 10.2. The van der Waals surface area contributed by atoms with Gasteiger partial charge in [0.25, 0.3) is 0 Å². The number of rotatable bonds is 8. The molecule has 0 bridgehead atoms. The number of hydrogen-bond donors (Lipinski definition) is 2. The second-order valence-electron chi connectivity index (χ2n) is 7.39. The molecule has 1 aromatic rings. The monoisotopic (exact) mass is 421 g/mol. The summed E-state index contributed by atoms with van der Waals surface area (Å²) >= 11 is 0. The van der Waals surface area contributed by atoms with Crippen LogP contribution in [-0.2, 0) is 19.1 Å². The minimum absolute atomic E-state index is 0.0184. The molecule has 0 saturated heterocycles. The molecule has 0 aliphatic rings. The van der Waals surface area contributed by atoms with Gasteiger partial charge >= 0.3 is 5.97 Å². The summed E-state index contributed by atoms with van der Waals surface area (Å²) in [7, 11) is 3.13. The van der Waals surface area contributed by atoms with E-state index in [0.717, 1.165) is 0 Å². The molecule has 0 aliphatic heterocycles. The molecule has 7 nitrogen and oxygen atoms in total. The third kappa shape index (κ3) is 14.5. The Morgan fingerprint density at radius 2 is 1.70 bits per heavy atom. The fraction of sp³-hybridized carbons (Fsp3) is 0.565. The van der Waals surface area contributed by atoms with Crippen molar-refractivity contribution in [2.75, 3.05) is 20.6 Å². The number of nitrogens with one attached hydrogen (secondary N) is 2. The number of carbonyl (C=O) groups is 3. The van der Waals surface area contributed by atoms with Crippen molar-refractivity contribution in [3.05, 3.63) is 35.9 Å². The number of ether oxygens (including phenoxy) is 1. The molecule has 0 heterocycles. The summed E-state index contributed by atoms with van der Waals surface area (Å²) in [6.07, 6.45) is 0.862. The summed E-state index contributed by atoms with van der Waals surface area (Å²) in [5.41, 5.74) is 0.649. The molecule has 0 spiro atoms. The zero-order valence-corrected chi connectivity index (χ0v) is 19.7. The van der Waals surface area contributed by atoms with Crippen molar-refractivity contribution in [2.24, 2.45) is 0 Å². The van der Waals surface area contributed by atoms with Crippen LogP contribution in [0.5, 0.6) is 0 Å². The van der Waals surface area contributed by atoms with Crippen molar-refractivity contribution >= 4 is 23.9 Å². The summed E-state index contributed by atoms with van der Waals surface area (Å²) in [5.74, 6) is -1.21. The van der Waals surface area contributed by atoms with Gasteiger partial charge in [-0.05, 0) is 41.2 Å². The van der Waals surface area contributed by atoms with Crippen LogP contribution in [0.1, 0.15) is 53.0 Å². The van der Waals surface area contributed by atoms with Crippen LogP contribution in [0.2, 0.25) is 0 Å². The van der Waals surface area contributed by atoms with Crippen molar-refractivity contribution in [1.82, 2.24) is 10.2 Å². The van der Waals surface area contributed by atoms with Crippen molar-refractivity contribution in [3.8, 4) is 0 Å². The van der Waals surface area contributed by atoms with Gasteiger partial charge in [0.1, 0.15) is 11.6 Å². The van der Waals surface area contributed by atoms with Crippen LogP contribution in [-0.4, -0.2) is 61.1 Å². The summed E-state index contributed by atoms with van der Waals surface area (Å²) in [4.78, 5) is 36.6. The predicted molar refractivity (Wildman–Crippen MR) is 122 cm³/mol. The van der Waals surface area contributed by atoms with Crippen molar-refractivity contribution < 1.29 is 19.1 Å². The van der Waals surface area contributed by atoms with Gasteiger partial charge in [-0.25, -0.2) is 4.79 Å².